The molecule has 0 aliphatic carbocycles. The molecule has 12 heteroatoms. The normalized spacial score (nSPS) is 10.0. The summed E-state index contributed by atoms with van der Waals surface area (Å²) in [5, 5.41) is 0. The molecule has 0 unspecified atom stereocenters. The number of rotatable bonds is 0. The van der Waals surface area contributed by atoms with Gasteiger partial charge in [0.2, 0.25) is 0 Å². The molecule has 0 aliphatic rings. The van der Waals surface area contributed by atoms with E-state index in [1.165, 1.54) is 0 Å². The van der Waals surface area contributed by atoms with E-state index in [1.807, 2.05) is 0 Å². The zero-order chi connectivity index (χ0) is 9.00. The molecule has 0 bridgehead atoms. The average molecular weight is 460 g/mol. The molecule has 0 atom stereocenters. The molecule has 0 aliphatic heterocycles. The van der Waals surface area contributed by atoms with Crippen LogP contribution in [-0.2, 0) is 0 Å². The van der Waals surface area contributed by atoms with Gasteiger partial charge in [-0.15, -0.1) is 0 Å². The zero-order valence-corrected chi connectivity index (χ0v) is 16.6. The Morgan fingerprint density at radius 3 is 0.417 bits per heavy atom. The molecule has 0 saturated carbocycles. The Balaban J connectivity index is -0.0000000457. The third-order valence-corrected chi connectivity index (χ3v) is 0. The molecule has 0 rings (SSSR count). The van der Waals surface area contributed by atoms with Gasteiger partial charge in [-0.25, -0.2) is 0 Å². The van der Waals surface area contributed by atoms with E-state index in [1.54, 1.807) is 0 Å². The van der Waals surface area contributed by atoms with Gasteiger partial charge in [0.05, 0.1) is 0 Å². The van der Waals surface area contributed by atoms with Crippen LogP contribution in [0.25, 0.3) is 0 Å². The van der Waals surface area contributed by atoms with Crippen molar-refractivity contribution in [3.8, 4) is 0 Å². The predicted octanol–water partition coefficient (Wildman–Crippen LogP) is -21.5. The van der Waals surface area contributed by atoms with Crippen LogP contribution in [0.15, 0.2) is 0 Å². The Hall–Kier alpha value is 4.41. The standard InChI is InChI=1S/2IO4.2K/c2*2-1(3,4)5;;/q2*-1;2*+1. The van der Waals surface area contributed by atoms with Crippen molar-refractivity contribution >= 4 is 0 Å². The molecule has 8 nitrogen and oxygen atoms in total. The molecular weight excluding hydrogens is 460 g/mol. The smallest absolute Gasteiger partial charge is 0.286 e. The van der Waals surface area contributed by atoms with Crippen LogP contribution in [0.1, 0.15) is 0 Å². The van der Waals surface area contributed by atoms with Crippen molar-refractivity contribution in [1.29, 1.82) is 0 Å². The molecular formula is I2K2O8. The maximum atomic E-state index is 8.62. The third kappa shape index (κ3) is 133. The van der Waals surface area contributed by atoms with Crippen molar-refractivity contribution in [3.05, 3.63) is 0 Å². The molecule has 0 radical (unpaired) electrons. The van der Waals surface area contributed by atoms with Gasteiger partial charge in [-0.05, 0) is 0 Å². The quantitative estimate of drug-likeness (QED) is 0.252. The molecule has 64 valence electrons. The molecule has 0 N–H and O–H groups in total. The molecule has 12 heavy (non-hydrogen) atoms. The van der Waals surface area contributed by atoms with E-state index in [9.17, 15) is 0 Å². The Kier molecular flexibility index (Phi) is 25.1. The van der Waals surface area contributed by atoms with Crippen LogP contribution in [0.4, 0.5) is 0 Å². The first-order valence-electron chi connectivity index (χ1n) is 1.23. The number of hydrogen-bond acceptors (Lipinski definition) is 8. The van der Waals surface area contributed by atoms with Crippen molar-refractivity contribution in [1.82, 2.24) is 0 Å². The fraction of sp³-hybridized carbons (Fsp3) is 0. The second-order valence-electron chi connectivity index (χ2n) is 0.756. The van der Waals surface area contributed by atoms with Crippen LogP contribution in [0, 0.1) is 0 Å². The number of hydrogen-bond donors (Lipinski definition) is 0. The van der Waals surface area contributed by atoms with Gasteiger partial charge in [-0.2, -0.15) is 0 Å². The van der Waals surface area contributed by atoms with Crippen molar-refractivity contribution in [2.24, 2.45) is 0 Å². The molecule has 0 amide bonds. The molecule has 0 spiro atoms. The summed E-state index contributed by atoms with van der Waals surface area (Å²) in [5.41, 5.74) is 0. The summed E-state index contributed by atoms with van der Waals surface area (Å²) in [6.07, 6.45) is 0. The number of halogens is 2. The summed E-state index contributed by atoms with van der Waals surface area (Å²) in [7, 11) is 0. The second kappa shape index (κ2) is 11.9. The first-order valence-corrected chi connectivity index (χ1v) is 8.28. The Labute approximate surface area is 165 Å². The van der Waals surface area contributed by atoms with Crippen LogP contribution >= 0.6 is 0 Å². The van der Waals surface area contributed by atoms with E-state index < -0.39 is 40.2 Å². The maximum Gasteiger partial charge on any atom is 1.00 e. The largest absolute Gasteiger partial charge is 1.00 e. The molecule has 0 saturated heterocycles. The van der Waals surface area contributed by atoms with Gasteiger partial charge in [0.25, 0.3) is 0 Å². The Morgan fingerprint density at radius 1 is 0.417 bits per heavy atom. The maximum absolute atomic E-state index is 8.62. The van der Waals surface area contributed by atoms with Crippen molar-refractivity contribution in [2.45, 2.75) is 0 Å². The summed E-state index contributed by atoms with van der Waals surface area (Å²) >= 11 is -11.9. The molecule has 0 fully saturated rings. The minimum Gasteiger partial charge on any atom is -0.286 e. The first-order chi connectivity index (χ1) is 4.00. The fourth-order valence-electron chi connectivity index (χ4n) is 0. The fourth-order valence-corrected chi connectivity index (χ4v) is 0. The third-order valence-electron chi connectivity index (χ3n) is 0. The van der Waals surface area contributed by atoms with Crippen molar-refractivity contribution in [2.75, 3.05) is 0 Å². The van der Waals surface area contributed by atoms with Crippen molar-refractivity contribution in [3.63, 3.8) is 0 Å². The second-order valence-corrected chi connectivity index (χ2v) is 5.07. The minimum atomic E-state index is -5.94. The Morgan fingerprint density at radius 2 is 0.417 bits per heavy atom. The summed E-state index contributed by atoms with van der Waals surface area (Å²) < 4.78 is 68.9. The monoisotopic (exact) mass is 460 g/mol. The van der Waals surface area contributed by atoms with Gasteiger partial charge in [-0.1, -0.05) is 0 Å². The van der Waals surface area contributed by atoms with Gasteiger partial charge in [0, 0.05) is 0 Å². The van der Waals surface area contributed by atoms with E-state index >= 15 is 0 Å². The first kappa shape index (κ1) is 25.3. The molecule has 0 aromatic rings. The van der Waals surface area contributed by atoms with E-state index in [4.69, 9.17) is 27.5 Å². The summed E-state index contributed by atoms with van der Waals surface area (Å²) in [6.45, 7) is 0. The molecule has 0 heterocycles. The SMILES string of the molecule is [K+].[K+].[O-][I+3]([O-])([O-])[O-].[O-][I+3]([O-])([O-])[O-]. The predicted molar refractivity (Wildman–Crippen MR) is 0 cm³/mol. The topological polar surface area (TPSA) is 184 Å². The van der Waals surface area contributed by atoms with Crippen LogP contribution in [0.2, 0.25) is 0 Å². The van der Waals surface area contributed by atoms with Crippen LogP contribution in [0.5, 0.6) is 0 Å². The molecule has 0 aromatic carbocycles. The van der Waals surface area contributed by atoms with Gasteiger partial charge < -0.3 is 0 Å². The van der Waals surface area contributed by atoms with E-state index in [2.05, 4.69) is 0 Å². The van der Waals surface area contributed by atoms with Gasteiger partial charge in [-0.3, -0.25) is 27.5 Å². The van der Waals surface area contributed by atoms with Gasteiger partial charge in [0.1, 0.15) is 40.2 Å². The zero-order valence-electron chi connectivity index (χ0n) is 6.02. The van der Waals surface area contributed by atoms with Crippen LogP contribution in [0.3, 0.4) is 0 Å². The summed E-state index contributed by atoms with van der Waals surface area (Å²) in [4.78, 5) is 0. The van der Waals surface area contributed by atoms with Crippen molar-refractivity contribution < 1.29 is 170 Å². The van der Waals surface area contributed by atoms with Crippen LogP contribution < -0.4 is 170 Å². The Bertz CT molecular complexity index is 58.0. The van der Waals surface area contributed by atoms with Gasteiger partial charge in [0.15, 0.2) is 0 Å². The van der Waals surface area contributed by atoms with Crippen LogP contribution in [-0.4, -0.2) is 0 Å². The minimum absolute atomic E-state index is 0. The average Bonchev–Trinajstić information content (AvgIpc) is 1.12. The van der Waals surface area contributed by atoms with E-state index in [0.717, 1.165) is 0 Å². The summed E-state index contributed by atoms with van der Waals surface area (Å²) in [6, 6.07) is 0. The van der Waals surface area contributed by atoms with E-state index in [-0.39, 0.29) is 103 Å². The summed E-state index contributed by atoms with van der Waals surface area (Å²) in [5.74, 6) is 0. The van der Waals surface area contributed by atoms with E-state index in [0.29, 0.717) is 0 Å². The molecule has 0 aromatic heterocycles. The van der Waals surface area contributed by atoms with Gasteiger partial charge >= 0.3 is 103 Å².